The van der Waals surface area contributed by atoms with Crippen molar-refractivity contribution in [3.63, 3.8) is 0 Å². The summed E-state index contributed by atoms with van der Waals surface area (Å²) in [4.78, 5) is 4.31. The van der Waals surface area contributed by atoms with E-state index in [1.807, 2.05) is 36.4 Å². The van der Waals surface area contributed by atoms with Gasteiger partial charge in [0.2, 0.25) is 0 Å². The van der Waals surface area contributed by atoms with Crippen LogP contribution in [-0.4, -0.2) is 4.98 Å². The molecule has 1 aromatic carbocycles. The van der Waals surface area contributed by atoms with Crippen LogP contribution in [0.15, 0.2) is 42.6 Å². The van der Waals surface area contributed by atoms with Gasteiger partial charge >= 0.3 is 0 Å². The molecule has 0 atom stereocenters. The third kappa shape index (κ3) is 2.02. The largest absolute Gasteiger partial charge is 0.397 e. The number of nitrogens with zero attached hydrogens (tertiary/aromatic N) is 1. The molecule has 1 heterocycles. The SMILES string of the molecule is Nc1c(CBr)ccnc1-c1ccccc1. The molecule has 0 fully saturated rings. The van der Waals surface area contributed by atoms with Crippen LogP contribution in [0.4, 0.5) is 5.69 Å². The van der Waals surface area contributed by atoms with Crippen molar-refractivity contribution in [2.24, 2.45) is 0 Å². The van der Waals surface area contributed by atoms with Crippen LogP contribution in [-0.2, 0) is 5.33 Å². The predicted molar refractivity (Wildman–Crippen MR) is 66.7 cm³/mol. The van der Waals surface area contributed by atoms with Crippen molar-refractivity contribution in [1.29, 1.82) is 0 Å². The van der Waals surface area contributed by atoms with Crippen molar-refractivity contribution in [3.05, 3.63) is 48.2 Å². The normalized spacial score (nSPS) is 10.2. The summed E-state index contributed by atoms with van der Waals surface area (Å²) in [6.45, 7) is 0. The van der Waals surface area contributed by atoms with E-state index >= 15 is 0 Å². The summed E-state index contributed by atoms with van der Waals surface area (Å²) in [6.07, 6.45) is 1.79. The van der Waals surface area contributed by atoms with E-state index in [0.29, 0.717) is 0 Å². The lowest BCUT2D eigenvalue weighted by Crippen LogP contribution is -1.97. The summed E-state index contributed by atoms with van der Waals surface area (Å²) in [7, 11) is 0. The maximum absolute atomic E-state index is 6.03. The number of halogens is 1. The van der Waals surface area contributed by atoms with Gasteiger partial charge in [-0.25, -0.2) is 0 Å². The molecular formula is C12H11BrN2. The number of benzene rings is 1. The molecule has 2 aromatic rings. The summed E-state index contributed by atoms with van der Waals surface area (Å²) in [5.74, 6) is 0. The van der Waals surface area contributed by atoms with Gasteiger partial charge in [-0.3, -0.25) is 4.98 Å². The molecule has 0 saturated carbocycles. The van der Waals surface area contributed by atoms with Gasteiger partial charge in [-0.05, 0) is 11.6 Å². The minimum Gasteiger partial charge on any atom is -0.397 e. The van der Waals surface area contributed by atoms with Crippen LogP contribution in [0, 0.1) is 0 Å². The van der Waals surface area contributed by atoms with Crippen molar-refractivity contribution in [2.75, 3.05) is 5.73 Å². The zero-order chi connectivity index (χ0) is 10.7. The highest BCUT2D eigenvalue weighted by atomic mass is 79.9. The number of aromatic nitrogens is 1. The molecule has 76 valence electrons. The van der Waals surface area contributed by atoms with Gasteiger partial charge in [0.15, 0.2) is 0 Å². The molecule has 0 aliphatic carbocycles. The highest BCUT2D eigenvalue weighted by Gasteiger charge is 2.06. The fourth-order valence-electron chi connectivity index (χ4n) is 1.46. The highest BCUT2D eigenvalue weighted by Crippen LogP contribution is 2.26. The second-order valence-electron chi connectivity index (χ2n) is 3.23. The molecule has 3 heteroatoms. The number of hydrogen-bond donors (Lipinski definition) is 1. The zero-order valence-corrected chi connectivity index (χ0v) is 9.74. The Bertz CT molecular complexity index is 454. The summed E-state index contributed by atoms with van der Waals surface area (Å²) in [5, 5.41) is 0.751. The van der Waals surface area contributed by atoms with Crippen molar-refractivity contribution in [3.8, 4) is 11.3 Å². The first-order chi connectivity index (χ1) is 7.33. The summed E-state index contributed by atoms with van der Waals surface area (Å²) in [5.41, 5.74) is 9.76. The fourth-order valence-corrected chi connectivity index (χ4v) is 1.94. The van der Waals surface area contributed by atoms with E-state index in [9.17, 15) is 0 Å². The van der Waals surface area contributed by atoms with Crippen molar-refractivity contribution < 1.29 is 0 Å². The topological polar surface area (TPSA) is 38.9 Å². The van der Waals surface area contributed by atoms with E-state index in [1.165, 1.54) is 0 Å². The molecule has 0 saturated heterocycles. The molecule has 0 aliphatic heterocycles. The van der Waals surface area contributed by atoms with Crippen LogP contribution >= 0.6 is 15.9 Å². The Morgan fingerprint density at radius 3 is 2.53 bits per heavy atom. The number of anilines is 1. The van der Waals surface area contributed by atoms with Crippen molar-refractivity contribution in [1.82, 2.24) is 4.98 Å². The Labute approximate surface area is 97.3 Å². The Kier molecular flexibility index (Phi) is 3.02. The van der Waals surface area contributed by atoms with Gasteiger partial charge in [0.1, 0.15) is 0 Å². The fraction of sp³-hybridized carbons (Fsp3) is 0.0833. The standard InChI is InChI=1S/C12H11BrN2/c13-8-10-6-7-15-12(11(10)14)9-4-2-1-3-5-9/h1-7H,8,14H2. The average molecular weight is 263 g/mol. The zero-order valence-electron chi connectivity index (χ0n) is 8.15. The summed E-state index contributed by atoms with van der Waals surface area (Å²) in [6, 6.07) is 11.9. The maximum Gasteiger partial charge on any atom is 0.0934 e. The molecular weight excluding hydrogens is 252 g/mol. The van der Waals surface area contributed by atoms with E-state index < -0.39 is 0 Å². The van der Waals surface area contributed by atoms with Gasteiger partial charge in [-0.2, -0.15) is 0 Å². The molecule has 0 bridgehead atoms. The quantitative estimate of drug-likeness (QED) is 0.845. The molecule has 1 aromatic heterocycles. The van der Waals surface area contributed by atoms with Gasteiger partial charge in [0.25, 0.3) is 0 Å². The van der Waals surface area contributed by atoms with Gasteiger partial charge in [0.05, 0.1) is 11.4 Å². The smallest absolute Gasteiger partial charge is 0.0934 e. The minimum absolute atomic E-state index is 0.751. The van der Waals surface area contributed by atoms with Crippen LogP contribution in [0.5, 0.6) is 0 Å². The van der Waals surface area contributed by atoms with Gasteiger partial charge in [-0.1, -0.05) is 46.3 Å². The highest BCUT2D eigenvalue weighted by molar-refractivity contribution is 9.08. The van der Waals surface area contributed by atoms with E-state index in [1.54, 1.807) is 6.20 Å². The minimum atomic E-state index is 0.751. The Balaban J connectivity index is 2.54. The molecule has 0 spiro atoms. The van der Waals surface area contributed by atoms with Gasteiger partial charge in [0, 0.05) is 17.1 Å². The molecule has 2 nitrogen and oxygen atoms in total. The summed E-state index contributed by atoms with van der Waals surface area (Å²) >= 11 is 3.41. The number of nitrogens with two attached hydrogens (primary N) is 1. The Hall–Kier alpha value is -1.35. The average Bonchev–Trinajstić information content (AvgIpc) is 2.30. The maximum atomic E-state index is 6.03. The number of nitrogen functional groups attached to an aromatic ring is 1. The molecule has 15 heavy (non-hydrogen) atoms. The number of rotatable bonds is 2. The van der Waals surface area contributed by atoms with Gasteiger partial charge < -0.3 is 5.73 Å². The van der Waals surface area contributed by atoms with Crippen LogP contribution in [0.2, 0.25) is 0 Å². The van der Waals surface area contributed by atoms with E-state index in [2.05, 4.69) is 20.9 Å². The van der Waals surface area contributed by atoms with Crippen molar-refractivity contribution >= 4 is 21.6 Å². The van der Waals surface area contributed by atoms with Crippen molar-refractivity contribution in [2.45, 2.75) is 5.33 Å². The lowest BCUT2D eigenvalue weighted by molar-refractivity contribution is 1.28. The van der Waals surface area contributed by atoms with E-state index in [0.717, 1.165) is 27.8 Å². The summed E-state index contributed by atoms with van der Waals surface area (Å²) < 4.78 is 0. The number of pyridine rings is 1. The molecule has 0 aliphatic rings. The molecule has 2 rings (SSSR count). The first-order valence-electron chi connectivity index (χ1n) is 4.67. The van der Waals surface area contributed by atoms with Crippen LogP contribution in [0.25, 0.3) is 11.3 Å². The monoisotopic (exact) mass is 262 g/mol. The second kappa shape index (κ2) is 4.45. The lowest BCUT2D eigenvalue weighted by atomic mass is 10.1. The van der Waals surface area contributed by atoms with E-state index in [-0.39, 0.29) is 0 Å². The molecule has 0 amide bonds. The van der Waals surface area contributed by atoms with Gasteiger partial charge in [-0.15, -0.1) is 0 Å². The van der Waals surface area contributed by atoms with Crippen LogP contribution in [0.1, 0.15) is 5.56 Å². The lowest BCUT2D eigenvalue weighted by Gasteiger charge is -2.07. The molecule has 0 unspecified atom stereocenters. The predicted octanol–water partition coefficient (Wildman–Crippen LogP) is 3.23. The first kappa shape index (κ1) is 10.2. The van der Waals surface area contributed by atoms with E-state index in [4.69, 9.17) is 5.73 Å². The Morgan fingerprint density at radius 2 is 1.87 bits per heavy atom. The third-order valence-electron chi connectivity index (χ3n) is 2.27. The van der Waals surface area contributed by atoms with Crippen LogP contribution in [0.3, 0.4) is 0 Å². The molecule has 0 radical (unpaired) electrons. The first-order valence-corrected chi connectivity index (χ1v) is 5.80. The number of hydrogen-bond acceptors (Lipinski definition) is 2. The van der Waals surface area contributed by atoms with Crippen LogP contribution < -0.4 is 5.73 Å². The third-order valence-corrected chi connectivity index (χ3v) is 2.88. The Morgan fingerprint density at radius 1 is 1.13 bits per heavy atom. The second-order valence-corrected chi connectivity index (χ2v) is 3.79. The number of alkyl halides is 1. The molecule has 2 N–H and O–H groups in total.